The molecular formula is C10H11NO2. The van der Waals surface area contributed by atoms with Crippen LogP contribution in [-0.4, -0.2) is 24.6 Å². The summed E-state index contributed by atoms with van der Waals surface area (Å²) < 4.78 is 5.34. The Labute approximate surface area is 76.9 Å². The summed E-state index contributed by atoms with van der Waals surface area (Å²) in [5.74, 6) is 0.0335. The van der Waals surface area contributed by atoms with Gasteiger partial charge in [0.15, 0.2) is 6.10 Å². The van der Waals surface area contributed by atoms with Crippen LogP contribution in [0.5, 0.6) is 0 Å². The molecule has 0 aliphatic carbocycles. The largest absolute Gasteiger partial charge is 0.343 e. The molecule has 1 unspecified atom stereocenters. The summed E-state index contributed by atoms with van der Waals surface area (Å²) in [6.07, 6.45) is -0.397. The summed E-state index contributed by atoms with van der Waals surface area (Å²) in [5.41, 5.74) is 0.928. The highest BCUT2D eigenvalue weighted by molar-refractivity contribution is 5.83. The second-order valence-corrected chi connectivity index (χ2v) is 3.12. The lowest BCUT2D eigenvalue weighted by molar-refractivity contribution is -0.129. The molecule has 1 aliphatic rings. The van der Waals surface area contributed by atoms with Crippen LogP contribution in [-0.2, 0) is 9.53 Å². The third kappa shape index (κ3) is 1.42. The van der Waals surface area contributed by atoms with Gasteiger partial charge in [-0.25, -0.2) is 0 Å². The lowest BCUT2D eigenvalue weighted by Gasteiger charge is -2.07. The maximum Gasteiger partial charge on any atom is 0.257 e. The molecule has 0 spiro atoms. The highest BCUT2D eigenvalue weighted by Crippen LogP contribution is 2.24. The molecule has 0 N–H and O–H groups in total. The molecule has 2 rings (SSSR count). The Kier molecular flexibility index (Phi) is 2.02. The Balaban J connectivity index is 2.24. The lowest BCUT2D eigenvalue weighted by atomic mass is 10.1. The first-order valence-electron chi connectivity index (χ1n) is 4.20. The maximum absolute atomic E-state index is 11.5. The van der Waals surface area contributed by atoms with Crippen LogP contribution in [0, 0.1) is 0 Å². The van der Waals surface area contributed by atoms with Crippen LogP contribution < -0.4 is 0 Å². The molecule has 13 heavy (non-hydrogen) atoms. The van der Waals surface area contributed by atoms with Crippen molar-refractivity contribution in [3.8, 4) is 0 Å². The number of hydrogen-bond acceptors (Lipinski definition) is 2. The second-order valence-electron chi connectivity index (χ2n) is 3.12. The molecule has 0 radical (unpaired) electrons. The fourth-order valence-corrected chi connectivity index (χ4v) is 1.39. The van der Waals surface area contributed by atoms with Gasteiger partial charge in [-0.15, -0.1) is 0 Å². The maximum atomic E-state index is 11.5. The van der Waals surface area contributed by atoms with E-state index in [9.17, 15) is 4.79 Å². The third-order valence-electron chi connectivity index (χ3n) is 2.14. The van der Waals surface area contributed by atoms with E-state index in [4.69, 9.17) is 4.74 Å². The van der Waals surface area contributed by atoms with E-state index in [2.05, 4.69) is 0 Å². The number of nitrogens with zero attached hydrogens (tertiary/aromatic N) is 1. The minimum Gasteiger partial charge on any atom is -0.343 e. The van der Waals surface area contributed by atoms with Crippen molar-refractivity contribution >= 4 is 5.91 Å². The number of carbonyl (C=O) groups is 1. The lowest BCUT2D eigenvalue weighted by Crippen LogP contribution is -2.21. The molecule has 0 aromatic heterocycles. The minimum atomic E-state index is -0.397. The number of ether oxygens (including phenoxy) is 1. The second kappa shape index (κ2) is 3.18. The van der Waals surface area contributed by atoms with Crippen molar-refractivity contribution in [1.82, 2.24) is 4.90 Å². The molecule has 0 bridgehead atoms. The van der Waals surface area contributed by atoms with Gasteiger partial charge in [0.2, 0.25) is 0 Å². The van der Waals surface area contributed by atoms with Gasteiger partial charge < -0.3 is 9.64 Å². The number of amides is 1. The van der Waals surface area contributed by atoms with E-state index in [1.165, 1.54) is 0 Å². The van der Waals surface area contributed by atoms with E-state index in [1.807, 2.05) is 30.3 Å². The van der Waals surface area contributed by atoms with Crippen molar-refractivity contribution < 1.29 is 9.53 Å². The minimum absolute atomic E-state index is 0.0335. The Morgan fingerprint density at radius 2 is 2.08 bits per heavy atom. The molecule has 3 nitrogen and oxygen atoms in total. The Bertz CT molecular complexity index is 310. The van der Waals surface area contributed by atoms with Crippen molar-refractivity contribution in [3.05, 3.63) is 35.9 Å². The number of likely N-dealkylation sites (N-methyl/N-ethyl adjacent to an activating group) is 1. The topological polar surface area (TPSA) is 29.5 Å². The van der Waals surface area contributed by atoms with Gasteiger partial charge in [0.25, 0.3) is 5.91 Å². The zero-order valence-corrected chi connectivity index (χ0v) is 7.43. The summed E-state index contributed by atoms with van der Waals surface area (Å²) in [4.78, 5) is 13.1. The van der Waals surface area contributed by atoms with Gasteiger partial charge in [-0.2, -0.15) is 0 Å². The SMILES string of the molecule is CN1COC(c2ccccc2)C1=O. The first kappa shape index (κ1) is 8.26. The van der Waals surface area contributed by atoms with Crippen LogP contribution in [0.25, 0.3) is 0 Å². The number of rotatable bonds is 1. The van der Waals surface area contributed by atoms with Gasteiger partial charge in [-0.05, 0) is 5.56 Å². The Morgan fingerprint density at radius 3 is 2.62 bits per heavy atom. The molecule has 1 aromatic rings. The standard InChI is InChI=1S/C10H11NO2/c1-11-7-13-9(10(11)12)8-5-3-2-4-6-8/h2-6,9H,7H2,1H3. The molecule has 1 amide bonds. The highest BCUT2D eigenvalue weighted by atomic mass is 16.5. The van der Waals surface area contributed by atoms with Crippen LogP contribution >= 0.6 is 0 Å². The quantitative estimate of drug-likeness (QED) is 0.644. The highest BCUT2D eigenvalue weighted by Gasteiger charge is 2.30. The predicted molar refractivity (Wildman–Crippen MR) is 47.9 cm³/mol. The van der Waals surface area contributed by atoms with Gasteiger partial charge in [0.05, 0.1) is 0 Å². The fourth-order valence-electron chi connectivity index (χ4n) is 1.39. The molecule has 1 saturated heterocycles. The van der Waals surface area contributed by atoms with Gasteiger partial charge in [0, 0.05) is 7.05 Å². The molecule has 3 heteroatoms. The average Bonchev–Trinajstić information content (AvgIpc) is 2.49. The molecule has 1 aliphatic heterocycles. The van der Waals surface area contributed by atoms with Crippen molar-refractivity contribution in [3.63, 3.8) is 0 Å². The molecule has 1 atom stereocenters. The Hall–Kier alpha value is -1.35. The van der Waals surface area contributed by atoms with E-state index in [-0.39, 0.29) is 5.91 Å². The fraction of sp³-hybridized carbons (Fsp3) is 0.300. The third-order valence-corrected chi connectivity index (χ3v) is 2.14. The Morgan fingerprint density at radius 1 is 1.38 bits per heavy atom. The van der Waals surface area contributed by atoms with Crippen LogP contribution in [0.2, 0.25) is 0 Å². The summed E-state index contributed by atoms with van der Waals surface area (Å²) in [7, 11) is 1.74. The van der Waals surface area contributed by atoms with Crippen LogP contribution in [0.1, 0.15) is 11.7 Å². The molecule has 0 saturated carbocycles. The van der Waals surface area contributed by atoms with E-state index in [0.717, 1.165) is 5.56 Å². The van der Waals surface area contributed by atoms with E-state index >= 15 is 0 Å². The zero-order chi connectivity index (χ0) is 9.26. The van der Waals surface area contributed by atoms with Gasteiger partial charge >= 0.3 is 0 Å². The first-order chi connectivity index (χ1) is 6.29. The van der Waals surface area contributed by atoms with Crippen molar-refractivity contribution in [2.75, 3.05) is 13.8 Å². The summed E-state index contributed by atoms with van der Waals surface area (Å²) >= 11 is 0. The van der Waals surface area contributed by atoms with Gasteiger partial charge in [-0.1, -0.05) is 30.3 Å². The average molecular weight is 177 g/mol. The van der Waals surface area contributed by atoms with Gasteiger partial charge in [-0.3, -0.25) is 4.79 Å². The summed E-state index contributed by atoms with van der Waals surface area (Å²) in [6.45, 7) is 0.387. The van der Waals surface area contributed by atoms with E-state index < -0.39 is 6.10 Å². The van der Waals surface area contributed by atoms with Crippen LogP contribution in [0.3, 0.4) is 0 Å². The van der Waals surface area contributed by atoms with Gasteiger partial charge in [0.1, 0.15) is 6.73 Å². The summed E-state index contributed by atoms with van der Waals surface area (Å²) in [6, 6.07) is 9.55. The van der Waals surface area contributed by atoms with Crippen molar-refractivity contribution in [2.24, 2.45) is 0 Å². The summed E-state index contributed by atoms with van der Waals surface area (Å²) in [5, 5.41) is 0. The van der Waals surface area contributed by atoms with Crippen LogP contribution in [0.15, 0.2) is 30.3 Å². The molecule has 1 aromatic carbocycles. The van der Waals surface area contributed by atoms with Crippen molar-refractivity contribution in [1.29, 1.82) is 0 Å². The molecule has 1 fully saturated rings. The smallest absolute Gasteiger partial charge is 0.257 e. The monoisotopic (exact) mass is 177 g/mol. The van der Waals surface area contributed by atoms with E-state index in [1.54, 1.807) is 11.9 Å². The zero-order valence-electron chi connectivity index (χ0n) is 7.43. The first-order valence-corrected chi connectivity index (χ1v) is 4.20. The molecule has 1 heterocycles. The normalized spacial score (nSPS) is 22.4. The number of carbonyl (C=O) groups excluding carboxylic acids is 1. The number of hydrogen-bond donors (Lipinski definition) is 0. The number of benzene rings is 1. The molecule has 68 valence electrons. The van der Waals surface area contributed by atoms with Crippen LogP contribution in [0.4, 0.5) is 0 Å². The van der Waals surface area contributed by atoms with Crippen molar-refractivity contribution in [2.45, 2.75) is 6.10 Å². The van der Waals surface area contributed by atoms with E-state index in [0.29, 0.717) is 6.73 Å². The molecular weight excluding hydrogens is 166 g/mol. The predicted octanol–water partition coefficient (Wildman–Crippen LogP) is 1.17.